The lowest BCUT2D eigenvalue weighted by atomic mass is 10.4. The van der Waals surface area contributed by atoms with E-state index in [9.17, 15) is 8.42 Å². The third-order valence-electron chi connectivity index (χ3n) is 2.59. The first-order chi connectivity index (χ1) is 10.1. The number of aromatic amines is 1. The topological polar surface area (TPSA) is 126 Å². The summed E-state index contributed by atoms with van der Waals surface area (Å²) in [5, 5.41) is 9.33. The fourth-order valence-corrected chi connectivity index (χ4v) is 2.44. The van der Waals surface area contributed by atoms with Gasteiger partial charge in [0.25, 0.3) is 0 Å². The summed E-state index contributed by atoms with van der Waals surface area (Å²) < 4.78 is 26.5. The van der Waals surface area contributed by atoms with Crippen LogP contribution < -0.4 is 10.0 Å². The number of sulfonamides is 1. The van der Waals surface area contributed by atoms with Crippen molar-refractivity contribution in [2.45, 2.75) is 24.7 Å². The molecule has 0 aromatic carbocycles. The summed E-state index contributed by atoms with van der Waals surface area (Å²) in [4.78, 5) is 11.9. The molecule has 0 bridgehead atoms. The van der Waals surface area contributed by atoms with E-state index >= 15 is 0 Å². The lowest BCUT2D eigenvalue weighted by Gasteiger charge is -2.06. The molecule has 21 heavy (non-hydrogen) atoms. The molecule has 2 aromatic heterocycles. The fraction of sp³-hybridized carbons (Fsp3) is 0.455. The highest BCUT2D eigenvalue weighted by atomic mass is 32.2. The number of rotatable bonds is 8. The fourth-order valence-electron chi connectivity index (χ4n) is 1.52. The molecule has 0 unspecified atom stereocenters. The lowest BCUT2D eigenvalue weighted by molar-refractivity contribution is 0.580. The normalized spacial score (nSPS) is 11.5. The van der Waals surface area contributed by atoms with Crippen molar-refractivity contribution in [2.24, 2.45) is 0 Å². The van der Waals surface area contributed by atoms with Crippen molar-refractivity contribution in [3.63, 3.8) is 0 Å². The smallest absolute Gasteiger partial charge is 0.243 e. The van der Waals surface area contributed by atoms with Crippen molar-refractivity contribution in [2.75, 3.05) is 18.4 Å². The molecule has 9 nitrogen and oxygen atoms in total. The van der Waals surface area contributed by atoms with Gasteiger partial charge in [-0.25, -0.2) is 28.1 Å². The third kappa shape index (κ3) is 4.46. The second-order valence-electron chi connectivity index (χ2n) is 4.25. The van der Waals surface area contributed by atoms with Crippen LogP contribution in [-0.4, -0.2) is 46.7 Å². The highest BCUT2D eigenvalue weighted by molar-refractivity contribution is 7.89. The van der Waals surface area contributed by atoms with Gasteiger partial charge >= 0.3 is 0 Å². The number of hydrogen-bond acceptors (Lipinski definition) is 7. The Hall–Kier alpha value is -2.07. The Kier molecular flexibility index (Phi) is 5.17. The maximum Gasteiger partial charge on any atom is 0.243 e. The van der Waals surface area contributed by atoms with Crippen molar-refractivity contribution in [1.82, 2.24) is 29.9 Å². The average molecular weight is 311 g/mol. The first kappa shape index (κ1) is 15.3. The SMILES string of the molecule is CCCNc1ncc(S(=O)(=O)NCCc2ncn[nH]2)cn1. The maximum absolute atomic E-state index is 12.0. The zero-order valence-corrected chi connectivity index (χ0v) is 12.4. The van der Waals surface area contributed by atoms with Crippen LogP contribution in [0.4, 0.5) is 5.95 Å². The number of anilines is 1. The van der Waals surface area contributed by atoms with Crippen LogP contribution in [0.15, 0.2) is 23.6 Å². The molecule has 3 N–H and O–H groups in total. The van der Waals surface area contributed by atoms with E-state index < -0.39 is 10.0 Å². The van der Waals surface area contributed by atoms with E-state index in [-0.39, 0.29) is 11.4 Å². The van der Waals surface area contributed by atoms with Crippen LogP contribution in [-0.2, 0) is 16.4 Å². The summed E-state index contributed by atoms with van der Waals surface area (Å²) in [6, 6.07) is 0. The molecule has 2 aromatic rings. The van der Waals surface area contributed by atoms with E-state index in [2.05, 4.69) is 35.2 Å². The van der Waals surface area contributed by atoms with Crippen molar-refractivity contribution < 1.29 is 8.42 Å². The molecule has 2 rings (SSSR count). The quantitative estimate of drug-likeness (QED) is 0.623. The largest absolute Gasteiger partial charge is 0.354 e. The van der Waals surface area contributed by atoms with E-state index in [1.165, 1.54) is 18.7 Å². The number of hydrogen-bond donors (Lipinski definition) is 3. The van der Waals surface area contributed by atoms with Gasteiger partial charge in [0.15, 0.2) is 0 Å². The molecule has 114 valence electrons. The number of aromatic nitrogens is 5. The van der Waals surface area contributed by atoms with Gasteiger partial charge in [-0.3, -0.25) is 5.10 Å². The average Bonchev–Trinajstić information content (AvgIpc) is 2.98. The number of nitrogens with zero attached hydrogens (tertiary/aromatic N) is 4. The zero-order valence-electron chi connectivity index (χ0n) is 11.6. The van der Waals surface area contributed by atoms with Gasteiger partial charge in [-0.05, 0) is 6.42 Å². The molecule has 0 saturated carbocycles. The van der Waals surface area contributed by atoms with E-state index in [0.29, 0.717) is 18.2 Å². The van der Waals surface area contributed by atoms with Crippen molar-refractivity contribution in [1.29, 1.82) is 0 Å². The summed E-state index contributed by atoms with van der Waals surface area (Å²) in [7, 11) is -3.62. The van der Waals surface area contributed by atoms with E-state index in [4.69, 9.17) is 0 Å². The third-order valence-corrected chi connectivity index (χ3v) is 4.01. The van der Waals surface area contributed by atoms with Gasteiger partial charge in [-0.1, -0.05) is 6.92 Å². The Morgan fingerprint density at radius 3 is 2.57 bits per heavy atom. The summed E-state index contributed by atoms with van der Waals surface area (Å²) in [5.41, 5.74) is 0. The molecule has 0 aliphatic rings. The zero-order chi connectivity index (χ0) is 15.1. The first-order valence-corrected chi connectivity index (χ1v) is 8.00. The van der Waals surface area contributed by atoms with Crippen LogP contribution in [0, 0.1) is 0 Å². The van der Waals surface area contributed by atoms with Crippen molar-refractivity contribution >= 4 is 16.0 Å². The molecular formula is C11H17N7O2S. The minimum atomic E-state index is -3.62. The standard InChI is InChI=1S/C11H17N7O2S/c1-2-4-12-11-13-6-9(7-14-11)21(19,20)17-5-3-10-15-8-16-18-10/h6-8,17H,2-5H2,1H3,(H,12,13,14)(H,15,16,18). The molecule has 0 amide bonds. The molecule has 2 heterocycles. The van der Waals surface area contributed by atoms with Gasteiger partial charge in [0.2, 0.25) is 16.0 Å². The Morgan fingerprint density at radius 2 is 1.95 bits per heavy atom. The van der Waals surface area contributed by atoms with Crippen LogP contribution in [0.5, 0.6) is 0 Å². The second kappa shape index (κ2) is 7.09. The van der Waals surface area contributed by atoms with Gasteiger partial charge in [-0.2, -0.15) is 5.10 Å². The highest BCUT2D eigenvalue weighted by Gasteiger charge is 2.14. The first-order valence-electron chi connectivity index (χ1n) is 6.51. The molecule has 0 spiro atoms. The molecule has 0 fully saturated rings. The van der Waals surface area contributed by atoms with Gasteiger partial charge < -0.3 is 5.32 Å². The van der Waals surface area contributed by atoms with Crippen LogP contribution in [0.25, 0.3) is 0 Å². The van der Waals surface area contributed by atoms with Crippen LogP contribution in [0.1, 0.15) is 19.2 Å². The van der Waals surface area contributed by atoms with Crippen LogP contribution in [0.3, 0.4) is 0 Å². The van der Waals surface area contributed by atoms with Gasteiger partial charge in [-0.15, -0.1) is 0 Å². The molecule has 0 radical (unpaired) electrons. The minimum Gasteiger partial charge on any atom is -0.354 e. The van der Waals surface area contributed by atoms with Gasteiger partial charge in [0, 0.05) is 19.5 Å². The van der Waals surface area contributed by atoms with Crippen LogP contribution in [0.2, 0.25) is 0 Å². The Morgan fingerprint density at radius 1 is 1.19 bits per heavy atom. The summed E-state index contributed by atoms with van der Waals surface area (Å²) in [6.45, 7) is 2.97. The molecule has 0 aliphatic carbocycles. The Labute approximate surface area is 122 Å². The van der Waals surface area contributed by atoms with E-state index in [1.807, 2.05) is 6.92 Å². The molecule has 0 atom stereocenters. The second-order valence-corrected chi connectivity index (χ2v) is 6.02. The lowest BCUT2D eigenvalue weighted by Crippen LogP contribution is -2.26. The molecule has 0 saturated heterocycles. The summed E-state index contributed by atoms with van der Waals surface area (Å²) in [5.74, 6) is 1.03. The molecule has 0 aliphatic heterocycles. The van der Waals surface area contributed by atoms with Crippen molar-refractivity contribution in [3.05, 3.63) is 24.5 Å². The predicted octanol–water partition coefficient (Wildman–Crippen LogP) is -0.0624. The summed E-state index contributed by atoms with van der Waals surface area (Å²) >= 11 is 0. The Bertz CT molecular complexity index is 640. The number of H-pyrrole nitrogens is 1. The number of nitrogens with one attached hydrogen (secondary N) is 3. The molecule has 10 heteroatoms. The maximum atomic E-state index is 12.0. The Balaban J connectivity index is 1.92. The van der Waals surface area contributed by atoms with E-state index in [1.54, 1.807) is 0 Å². The van der Waals surface area contributed by atoms with Crippen LogP contribution >= 0.6 is 0 Å². The highest BCUT2D eigenvalue weighted by Crippen LogP contribution is 2.07. The molecular weight excluding hydrogens is 294 g/mol. The van der Waals surface area contributed by atoms with Gasteiger partial charge in [0.05, 0.1) is 12.4 Å². The predicted molar refractivity (Wildman–Crippen MR) is 76.1 cm³/mol. The minimum absolute atomic E-state index is 0.0297. The van der Waals surface area contributed by atoms with E-state index in [0.717, 1.165) is 13.0 Å². The summed E-state index contributed by atoms with van der Waals surface area (Å²) in [6.07, 6.45) is 5.30. The van der Waals surface area contributed by atoms with Gasteiger partial charge in [0.1, 0.15) is 17.0 Å². The monoisotopic (exact) mass is 311 g/mol. The van der Waals surface area contributed by atoms with Crippen molar-refractivity contribution in [3.8, 4) is 0 Å².